The number of rotatable bonds is 7. The molecule has 0 aliphatic carbocycles. The van der Waals surface area contributed by atoms with Crippen LogP contribution in [-0.2, 0) is 9.47 Å². The van der Waals surface area contributed by atoms with Crippen LogP contribution in [0.4, 0.5) is 0 Å². The van der Waals surface area contributed by atoms with Crippen LogP contribution in [0.15, 0.2) is 18.2 Å². The molecule has 1 aliphatic heterocycles. The standard InChI is InChI=1S/C19H31NO4/c1-13-10-15(7-8-16(13)21)18(22)14(2)20-9-5-6-17-23-11-19(3,4)12-24-17/h7-8,10,14,17-18,20-22H,5-6,9,11-12H2,1-4H3. The Bertz CT molecular complexity index is 522. The van der Waals surface area contributed by atoms with Crippen molar-refractivity contribution in [3.63, 3.8) is 0 Å². The summed E-state index contributed by atoms with van der Waals surface area (Å²) in [5.41, 5.74) is 1.69. The molecule has 0 spiro atoms. The van der Waals surface area contributed by atoms with Crippen LogP contribution in [-0.4, -0.2) is 42.3 Å². The summed E-state index contributed by atoms with van der Waals surface area (Å²) in [6.45, 7) is 10.3. The molecular formula is C19H31NO4. The minimum absolute atomic E-state index is 0.0685. The molecule has 2 rings (SSSR count). The fourth-order valence-corrected chi connectivity index (χ4v) is 2.75. The van der Waals surface area contributed by atoms with Crippen molar-refractivity contribution < 1.29 is 19.7 Å². The van der Waals surface area contributed by atoms with Crippen molar-refractivity contribution in [3.8, 4) is 5.75 Å². The molecule has 24 heavy (non-hydrogen) atoms. The average Bonchev–Trinajstić information content (AvgIpc) is 2.54. The number of aliphatic hydroxyl groups excluding tert-OH is 1. The van der Waals surface area contributed by atoms with E-state index in [0.717, 1.165) is 43.7 Å². The minimum atomic E-state index is -0.604. The van der Waals surface area contributed by atoms with Crippen molar-refractivity contribution in [2.24, 2.45) is 5.41 Å². The first-order valence-corrected chi connectivity index (χ1v) is 8.73. The van der Waals surface area contributed by atoms with Gasteiger partial charge in [-0.15, -0.1) is 0 Å². The molecule has 1 saturated heterocycles. The number of benzene rings is 1. The van der Waals surface area contributed by atoms with Crippen LogP contribution in [0.2, 0.25) is 0 Å². The zero-order chi connectivity index (χ0) is 17.7. The number of nitrogens with one attached hydrogen (secondary N) is 1. The molecule has 1 aliphatic rings. The number of hydrogen-bond acceptors (Lipinski definition) is 5. The van der Waals surface area contributed by atoms with Gasteiger partial charge >= 0.3 is 0 Å². The second-order valence-electron chi connectivity index (χ2n) is 7.59. The summed E-state index contributed by atoms with van der Waals surface area (Å²) in [5.74, 6) is 0.252. The number of aromatic hydroxyl groups is 1. The largest absolute Gasteiger partial charge is 0.508 e. The van der Waals surface area contributed by atoms with E-state index in [1.54, 1.807) is 12.1 Å². The Labute approximate surface area is 145 Å². The lowest BCUT2D eigenvalue weighted by Gasteiger charge is -2.34. The zero-order valence-corrected chi connectivity index (χ0v) is 15.2. The maximum Gasteiger partial charge on any atom is 0.157 e. The van der Waals surface area contributed by atoms with E-state index >= 15 is 0 Å². The molecule has 1 heterocycles. The molecule has 0 saturated carbocycles. The SMILES string of the molecule is Cc1cc(C(O)C(C)NCCCC2OCC(C)(C)CO2)ccc1O. The number of phenols is 1. The number of aryl methyl sites for hydroxylation is 1. The Hall–Kier alpha value is -1.14. The van der Waals surface area contributed by atoms with E-state index in [4.69, 9.17) is 9.47 Å². The van der Waals surface area contributed by atoms with Gasteiger partial charge in [-0.25, -0.2) is 0 Å². The molecule has 0 aromatic heterocycles. The van der Waals surface area contributed by atoms with E-state index < -0.39 is 6.10 Å². The van der Waals surface area contributed by atoms with Crippen LogP contribution >= 0.6 is 0 Å². The first kappa shape index (κ1) is 19.2. The smallest absolute Gasteiger partial charge is 0.157 e. The molecule has 1 aromatic rings. The lowest BCUT2D eigenvalue weighted by molar-refractivity contribution is -0.223. The van der Waals surface area contributed by atoms with E-state index in [1.165, 1.54) is 0 Å². The zero-order valence-electron chi connectivity index (χ0n) is 15.2. The van der Waals surface area contributed by atoms with E-state index in [-0.39, 0.29) is 23.5 Å². The van der Waals surface area contributed by atoms with Crippen LogP contribution in [0.1, 0.15) is 50.8 Å². The summed E-state index contributed by atoms with van der Waals surface area (Å²) in [6.07, 6.45) is 1.06. The minimum Gasteiger partial charge on any atom is -0.508 e. The molecule has 5 heteroatoms. The van der Waals surface area contributed by atoms with Crippen LogP contribution < -0.4 is 5.32 Å². The van der Waals surface area contributed by atoms with Crippen molar-refractivity contribution in [3.05, 3.63) is 29.3 Å². The molecule has 2 unspecified atom stereocenters. The Morgan fingerprint density at radius 2 is 1.96 bits per heavy atom. The second-order valence-corrected chi connectivity index (χ2v) is 7.59. The highest BCUT2D eigenvalue weighted by molar-refractivity contribution is 5.36. The van der Waals surface area contributed by atoms with Crippen molar-refractivity contribution >= 4 is 0 Å². The quantitative estimate of drug-likeness (QED) is 0.667. The summed E-state index contributed by atoms with van der Waals surface area (Å²) >= 11 is 0. The van der Waals surface area contributed by atoms with Gasteiger partial charge in [0, 0.05) is 11.5 Å². The van der Waals surface area contributed by atoms with Gasteiger partial charge in [0.25, 0.3) is 0 Å². The molecule has 0 amide bonds. The van der Waals surface area contributed by atoms with Gasteiger partial charge in [-0.2, -0.15) is 0 Å². The summed E-state index contributed by atoms with van der Waals surface area (Å²) < 4.78 is 11.4. The Morgan fingerprint density at radius 3 is 2.58 bits per heavy atom. The van der Waals surface area contributed by atoms with E-state index in [0.29, 0.717) is 0 Å². The number of aliphatic hydroxyl groups is 1. The third-order valence-electron chi connectivity index (χ3n) is 4.44. The van der Waals surface area contributed by atoms with Crippen LogP contribution in [0.3, 0.4) is 0 Å². The highest BCUT2D eigenvalue weighted by atomic mass is 16.7. The lowest BCUT2D eigenvalue weighted by atomic mass is 9.95. The second kappa shape index (κ2) is 8.30. The molecule has 1 aromatic carbocycles. The number of phenolic OH excluding ortho intramolecular Hbond substituents is 1. The van der Waals surface area contributed by atoms with Crippen molar-refractivity contribution in [1.82, 2.24) is 5.32 Å². The van der Waals surface area contributed by atoms with Crippen molar-refractivity contribution in [1.29, 1.82) is 0 Å². The Balaban J connectivity index is 1.69. The number of hydrogen-bond donors (Lipinski definition) is 3. The van der Waals surface area contributed by atoms with Crippen molar-refractivity contribution in [2.45, 2.75) is 59.0 Å². The highest BCUT2D eigenvalue weighted by Crippen LogP contribution is 2.25. The first-order chi connectivity index (χ1) is 11.3. The maximum atomic E-state index is 10.4. The molecule has 5 nitrogen and oxygen atoms in total. The van der Waals surface area contributed by atoms with E-state index in [2.05, 4.69) is 19.2 Å². The molecule has 0 bridgehead atoms. The molecule has 3 N–H and O–H groups in total. The third-order valence-corrected chi connectivity index (χ3v) is 4.44. The van der Waals surface area contributed by atoms with Crippen LogP contribution in [0.5, 0.6) is 5.75 Å². The maximum absolute atomic E-state index is 10.4. The monoisotopic (exact) mass is 337 g/mol. The molecule has 1 fully saturated rings. The van der Waals surface area contributed by atoms with Gasteiger partial charge in [-0.05, 0) is 56.5 Å². The topological polar surface area (TPSA) is 71.0 Å². The fourth-order valence-electron chi connectivity index (χ4n) is 2.75. The van der Waals surface area contributed by atoms with Gasteiger partial charge in [0.2, 0.25) is 0 Å². The predicted molar refractivity (Wildman–Crippen MR) is 94.0 cm³/mol. The van der Waals surface area contributed by atoms with Gasteiger partial charge in [0.15, 0.2) is 6.29 Å². The van der Waals surface area contributed by atoms with Crippen LogP contribution in [0, 0.1) is 12.3 Å². The summed E-state index contributed by atoms with van der Waals surface area (Å²) in [4.78, 5) is 0. The third kappa shape index (κ3) is 5.45. The summed E-state index contributed by atoms with van der Waals surface area (Å²) in [6, 6.07) is 5.14. The normalized spacial score (nSPS) is 20.7. The van der Waals surface area contributed by atoms with Gasteiger partial charge in [-0.1, -0.05) is 19.9 Å². The molecule has 0 radical (unpaired) electrons. The first-order valence-electron chi connectivity index (χ1n) is 8.73. The van der Waals surface area contributed by atoms with Gasteiger partial charge in [-0.3, -0.25) is 0 Å². The Kier molecular flexibility index (Phi) is 6.63. The fraction of sp³-hybridized carbons (Fsp3) is 0.684. The van der Waals surface area contributed by atoms with E-state index in [1.807, 2.05) is 19.9 Å². The molecule has 136 valence electrons. The Morgan fingerprint density at radius 1 is 1.29 bits per heavy atom. The number of ether oxygens (including phenoxy) is 2. The summed E-state index contributed by atoms with van der Waals surface area (Å²) in [7, 11) is 0. The average molecular weight is 337 g/mol. The molecular weight excluding hydrogens is 306 g/mol. The van der Waals surface area contributed by atoms with Gasteiger partial charge in [0.1, 0.15) is 5.75 Å². The van der Waals surface area contributed by atoms with Gasteiger partial charge in [0.05, 0.1) is 19.3 Å². The van der Waals surface area contributed by atoms with E-state index in [9.17, 15) is 10.2 Å². The summed E-state index contributed by atoms with van der Waals surface area (Å²) in [5, 5.41) is 23.3. The van der Waals surface area contributed by atoms with Crippen LogP contribution in [0.25, 0.3) is 0 Å². The van der Waals surface area contributed by atoms with Gasteiger partial charge < -0.3 is 25.0 Å². The highest BCUT2D eigenvalue weighted by Gasteiger charge is 2.27. The van der Waals surface area contributed by atoms with Crippen molar-refractivity contribution in [2.75, 3.05) is 19.8 Å². The predicted octanol–water partition coefficient (Wildman–Crippen LogP) is 2.89. The lowest BCUT2D eigenvalue weighted by Crippen LogP contribution is -2.38. The molecule has 2 atom stereocenters.